The molecule has 0 heterocycles. The number of phenols is 1. The number of aromatic hydroxyl groups is 1. The van der Waals surface area contributed by atoms with Crippen LogP contribution in [0.1, 0.15) is 87.2 Å². The minimum absolute atomic E-state index is 0.317. The van der Waals surface area contributed by atoms with Gasteiger partial charge in [0.25, 0.3) is 0 Å². The second-order valence-electron chi connectivity index (χ2n) is 6.79. The van der Waals surface area contributed by atoms with Crippen molar-refractivity contribution in [3.05, 3.63) is 23.3 Å². The molecule has 0 bridgehead atoms. The van der Waals surface area contributed by atoms with Gasteiger partial charge in [-0.25, -0.2) is 0 Å². The van der Waals surface area contributed by atoms with Crippen molar-refractivity contribution >= 4 is 0 Å². The van der Waals surface area contributed by atoms with Gasteiger partial charge in [-0.05, 0) is 49.1 Å². The van der Waals surface area contributed by atoms with Crippen molar-refractivity contribution in [2.75, 3.05) is 7.11 Å². The third-order valence-electron chi connectivity index (χ3n) is 5.47. The topological polar surface area (TPSA) is 29.5 Å². The lowest BCUT2D eigenvalue weighted by molar-refractivity contribution is 0.351. The molecule has 0 unspecified atom stereocenters. The van der Waals surface area contributed by atoms with E-state index in [1.165, 1.54) is 75.3 Å². The molecule has 1 N–H and O–H groups in total. The average molecular weight is 288 g/mol. The third-order valence-corrected chi connectivity index (χ3v) is 5.47. The van der Waals surface area contributed by atoms with Gasteiger partial charge in [0.2, 0.25) is 0 Å². The minimum Gasteiger partial charge on any atom is -0.504 e. The van der Waals surface area contributed by atoms with Crippen LogP contribution in [0.2, 0.25) is 0 Å². The van der Waals surface area contributed by atoms with Crippen LogP contribution < -0.4 is 4.74 Å². The van der Waals surface area contributed by atoms with Gasteiger partial charge in [-0.2, -0.15) is 0 Å². The van der Waals surface area contributed by atoms with E-state index < -0.39 is 0 Å². The third kappa shape index (κ3) is 3.04. The summed E-state index contributed by atoms with van der Waals surface area (Å²) < 4.78 is 5.61. The van der Waals surface area contributed by atoms with Gasteiger partial charge in [0.05, 0.1) is 7.11 Å². The molecule has 0 spiro atoms. The summed E-state index contributed by atoms with van der Waals surface area (Å²) in [5.74, 6) is 2.32. The molecule has 2 aliphatic rings. The van der Waals surface area contributed by atoms with Gasteiger partial charge >= 0.3 is 0 Å². The molecular formula is C19H28O2. The lowest BCUT2D eigenvalue weighted by Crippen LogP contribution is -2.13. The molecule has 3 rings (SSSR count). The standard InChI is InChI=1S/C19H28O2/c1-21-19-17(20)13-12-16(14-8-4-2-5-9-14)18(19)15-10-6-3-7-11-15/h12-15,20H,2-11H2,1H3. The van der Waals surface area contributed by atoms with Gasteiger partial charge in [0, 0.05) is 5.56 Å². The highest BCUT2D eigenvalue weighted by molar-refractivity contribution is 5.53. The Hall–Kier alpha value is -1.18. The summed E-state index contributed by atoms with van der Waals surface area (Å²) in [6.07, 6.45) is 13.2. The number of hydrogen-bond acceptors (Lipinski definition) is 2. The summed E-state index contributed by atoms with van der Waals surface area (Å²) in [5, 5.41) is 10.2. The number of methoxy groups -OCH3 is 1. The molecule has 0 amide bonds. The van der Waals surface area contributed by atoms with Crippen LogP contribution in [0.25, 0.3) is 0 Å². The number of phenolic OH excluding ortho intramolecular Hbond substituents is 1. The van der Waals surface area contributed by atoms with Crippen molar-refractivity contribution in [1.29, 1.82) is 0 Å². The zero-order valence-corrected chi connectivity index (χ0v) is 13.2. The molecular weight excluding hydrogens is 260 g/mol. The quantitative estimate of drug-likeness (QED) is 0.796. The molecule has 2 heteroatoms. The van der Waals surface area contributed by atoms with Crippen LogP contribution in [-0.4, -0.2) is 12.2 Å². The Balaban J connectivity index is 2.00. The first-order valence-corrected chi connectivity index (χ1v) is 8.71. The van der Waals surface area contributed by atoms with E-state index in [4.69, 9.17) is 4.74 Å². The Morgan fingerprint density at radius 1 is 0.857 bits per heavy atom. The van der Waals surface area contributed by atoms with Gasteiger partial charge in [0.15, 0.2) is 11.5 Å². The number of rotatable bonds is 3. The zero-order chi connectivity index (χ0) is 14.7. The van der Waals surface area contributed by atoms with Crippen molar-refractivity contribution in [2.45, 2.75) is 76.0 Å². The second kappa shape index (κ2) is 6.72. The van der Waals surface area contributed by atoms with Crippen LogP contribution in [-0.2, 0) is 0 Å². The Morgan fingerprint density at radius 3 is 2.00 bits per heavy atom. The minimum atomic E-state index is 0.317. The summed E-state index contributed by atoms with van der Waals surface area (Å²) >= 11 is 0. The maximum Gasteiger partial charge on any atom is 0.164 e. The fraction of sp³-hybridized carbons (Fsp3) is 0.684. The average Bonchev–Trinajstić information content (AvgIpc) is 2.56. The second-order valence-corrected chi connectivity index (χ2v) is 6.79. The first kappa shape index (κ1) is 14.7. The first-order valence-electron chi connectivity index (χ1n) is 8.71. The monoisotopic (exact) mass is 288 g/mol. The highest BCUT2D eigenvalue weighted by atomic mass is 16.5. The largest absolute Gasteiger partial charge is 0.504 e. The van der Waals surface area contributed by atoms with Crippen LogP contribution in [0.5, 0.6) is 11.5 Å². The van der Waals surface area contributed by atoms with Crippen molar-refractivity contribution in [3.8, 4) is 11.5 Å². The Morgan fingerprint density at radius 2 is 1.43 bits per heavy atom. The molecule has 1 aromatic carbocycles. The van der Waals surface area contributed by atoms with Crippen molar-refractivity contribution in [2.24, 2.45) is 0 Å². The van der Waals surface area contributed by atoms with Gasteiger partial charge in [-0.1, -0.05) is 44.6 Å². The fourth-order valence-corrected chi connectivity index (χ4v) is 4.40. The molecule has 2 fully saturated rings. The Labute approximate surface area is 128 Å². The number of benzene rings is 1. The van der Waals surface area contributed by atoms with Gasteiger partial charge in [-0.15, -0.1) is 0 Å². The summed E-state index contributed by atoms with van der Waals surface area (Å²) in [5.41, 5.74) is 2.81. The highest BCUT2D eigenvalue weighted by Gasteiger charge is 2.28. The van der Waals surface area contributed by atoms with Gasteiger partial charge in [-0.3, -0.25) is 0 Å². The van der Waals surface area contributed by atoms with Gasteiger partial charge < -0.3 is 9.84 Å². The van der Waals surface area contributed by atoms with Crippen LogP contribution in [0.15, 0.2) is 12.1 Å². The van der Waals surface area contributed by atoms with Gasteiger partial charge in [0.1, 0.15) is 0 Å². The van der Waals surface area contributed by atoms with E-state index in [9.17, 15) is 5.11 Å². The van der Waals surface area contributed by atoms with E-state index in [1.807, 2.05) is 6.07 Å². The van der Waals surface area contributed by atoms with Crippen LogP contribution >= 0.6 is 0 Å². The lowest BCUT2D eigenvalue weighted by atomic mass is 9.75. The predicted octanol–water partition coefficient (Wildman–Crippen LogP) is 5.50. The summed E-state index contributed by atoms with van der Waals surface area (Å²) in [4.78, 5) is 0. The lowest BCUT2D eigenvalue weighted by Gasteiger charge is -2.31. The van der Waals surface area contributed by atoms with Crippen LogP contribution in [0, 0.1) is 0 Å². The molecule has 0 atom stereocenters. The van der Waals surface area contributed by atoms with E-state index in [2.05, 4.69) is 6.07 Å². The molecule has 116 valence electrons. The van der Waals surface area contributed by atoms with E-state index in [0.29, 0.717) is 17.6 Å². The fourth-order valence-electron chi connectivity index (χ4n) is 4.40. The van der Waals surface area contributed by atoms with E-state index >= 15 is 0 Å². The Kier molecular flexibility index (Phi) is 4.72. The Bertz CT molecular complexity index is 469. The van der Waals surface area contributed by atoms with E-state index in [1.54, 1.807) is 7.11 Å². The molecule has 2 aliphatic carbocycles. The van der Waals surface area contributed by atoms with E-state index in [0.717, 1.165) is 5.75 Å². The SMILES string of the molecule is COc1c(O)ccc(C2CCCCC2)c1C1CCCCC1. The molecule has 0 radical (unpaired) electrons. The van der Waals surface area contributed by atoms with Crippen molar-refractivity contribution in [3.63, 3.8) is 0 Å². The molecule has 1 aromatic rings. The van der Waals surface area contributed by atoms with E-state index in [-0.39, 0.29) is 0 Å². The highest BCUT2D eigenvalue weighted by Crippen LogP contribution is 2.47. The normalized spacial score (nSPS) is 21.4. The van der Waals surface area contributed by atoms with Crippen LogP contribution in [0.3, 0.4) is 0 Å². The molecule has 0 aliphatic heterocycles. The van der Waals surface area contributed by atoms with Crippen molar-refractivity contribution < 1.29 is 9.84 Å². The smallest absolute Gasteiger partial charge is 0.164 e. The summed E-state index contributed by atoms with van der Waals surface area (Å²) in [6.45, 7) is 0. The maximum atomic E-state index is 10.2. The van der Waals surface area contributed by atoms with Crippen molar-refractivity contribution in [1.82, 2.24) is 0 Å². The maximum absolute atomic E-state index is 10.2. The van der Waals surface area contributed by atoms with Crippen LogP contribution in [0.4, 0.5) is 0 Å². The molecule has 21 heavy (non-hydrogen) atoms. The first-order chi connectivity index (χ1) is 10.3. The molecule has 2 nitrogen and oxygen atoms in total. The molecule has 0 aromatic heterocycles. The zero-order valence-electron chi connectivity index (χ0n) is 13.2. The number of hydrogen-bond donors (Lipinski definition) is 1. The molecule has 2 saturated carbocycles. The molecule has 0 saturated heterocycles. The number of ether oxygens (including phenoxy) is 1. The predicted molar refractivity (Wildman–Crippen MR) is 86.3 cm³/mol. The summed E-state index contributed by atoms with van der Waals surface area (Å²) in [6, 6.07) is 4.02. The summed E-state index contributed by atoms with van der Waals surface area (Å²) in [7, 11) is 1.70.